The van der Waals surface area contributed by atoms with Gasteiger partial charge in [0.1, 0.15) is 6.10 Å². The fourth-order valence-electron chi connectivity index (χ4n) is 0.484. The second-order valence-corrected chi connectivity index (χ2v) is 4.49. The average Bonchev–Trinajstić information content (AvgIpc) is 2.10. The summed E-state index contributed by atoms with van der Waals surface area (Å²) in [6.07, 6.45) is -0.310. The van der Waals surface area contributed by atoms with E-state index in [-0.39, 0.29) is 18.6 Å². The molecule has 0 aromatic carbocycles. The Hall–Kier alpha value is 0.730. The van der Waals surface area contributed by atoms with Crippen LogP contribution in [0.3, 0.4) is 0 Å². The summed E-state index contributed by atoms with van der Waals surface area (Å²) in [5.41, 5.74) is 0. The van der Waals surface area contributed by atoms with Crippen LogP contribution in [0.1, 0.15) is 0 Å². The van der Waals surface area contributed by atoms with E-state index in [1.54, 1.807) is 0 Å². The fourth-order valence-corrected chi connectivity index (χ4v) is 2.13. The lowest BCUT2D eigenvalue weighted by molar-refractivity contribution is 0.262. The van der Waals surface area contributed by atoms with E-state index in [9.17, 15) is 4.57 Å². The first kappa shape index (κ1) is 7.83. The molecule has 0 aromatic rings. The molecule has 0 bridgehead atoms. The van der Waals surface area contributed by atoms with Crippen molar-refractivity contribution < 1.29 is 13.6 Å². The van der Waals surface area contributed by atoms with Crippen molar-refractivity contribution in [3.8, 4) is 0 Å². The van der Waals surface area contributed by atoms with Gasteiger partial charge in [-0.05, 0) is 0 Å². The monoisotopic (exact) mass is 190 g/mol. The maximum Gasteiger partial charge on any atom is 0.424 e. The molecule has 2 unspecified atom stereocenters. The molecular formula is C3H5Cl2O3P. The molecule has 0 spiro atoms. The SMILES string of the molecule is O=P1(Cl)OCC(CCl)O1. The molecule has 3 nitrogen and oxygen atoms in total. The summed E-state index contributed by atoms with van der Waals surface area (Å²) in [7, 11) is 0. The molecular weight excluding hydrogens is 186 g/mol. The van der Waals surface area contributed by atoms with Gasteiger partial charge in [-0.3, -0.25) is 9.05 Å². The third-order valence-electron chi connectivity index (χ3n) is 0.862. The van der Waals surface area contributed by atoms with Crippen molar-refractivity contribution in [3.05, 3.63) is 0 Å². The molecule has 1 rings (SSSR count). The van der Waals surface area contributed by atoms with Crippen molar-refractivity contribution in [3.63, 3.8) is 0 Å². The van der Waals surface area contributed by atoms with Crippen LogP contribution < -0.4 is 0 Å². The van der Waals surface area contributed by atoms with Gasteiger partial charge in [0.2, 0.25) is 0 Å². The summed E-state index contributed by atoms with van der Waals surface area (Å²) < 4.78 is 19.9. The van der Waals surface area contributed by atoms with Gasteiger partial charge >= 0.3 is 6.95 Å². The second-order valence-electron chi connectivity index (χ2n) is 1.61. The Morgan fingerprint density at radius 1 is 1.78 bits per heavy atom. The predicted octanol–water partition coefficient (Wildman–Crippen LogP) is 1.99. The van der Waals surface area contributed by atoms with E-state index in [2.05, 4.69) is 9.05 Å². The highest BCUT2D eigenvalue weighted by atomic mass is 35.7. The lowest BCUT2D eigenvalue weighted by Crippen LogP contribution is -2.09. The van der Waals surface area contributed by atoms with E-state index in [1.807, 2.05) is 0 Å². The molecule has 0 N–H and O–H groups in total. The molecule has 0 aromatic heterocycles. The summed E-state index contributed by atoms with van der Waals surface area (Å²) in [4.78, 5) is 0. The summed E-state index contributed by atoms with van der Waals surface area (Å²) in [6, 6.07) is 0. The van der Waals surface area contributed by atoms with Crippen molar-refractivity contribution in [1.82, 2.24) is 0 Å². The molecule has 6 heteroatoms. The summed E-state index contributed by atoms with van der Waals surface area (Å²) in [5.74, 6) is 0.261. The zero-order valence-corrected chi connectivity index (χ0v) is 6.83. The topological polar surface area (TPSA) is 35.5 Å². The molecule has 0 radical (unpaired) electrons. The molecule has 0 saturated carbocycles. The van der Waals surface area contributed by atoms with Gasteiger partial charge in [0.15, 0.2) is 0 Å². The highest BCUT2D eigenvalue weighted by molar-refractivity contribution is 7.81. The van der Waals surface area contributed by atoms with E-state index in [0.717, 1.165) is 0 Å². The summed E-state index contributed by atoms with van der Waals surface area (Å²) >= 11 is 10.5. The third kappa shape index (κ3) is 2.10. The van der Waals surface area contributed by atoms with Crippen molar-refractivity contribution in [2.24, 2.45) is 0 Å². The summed E-state index contributed by atoms with van der Waals surface area (Å²) in [5, 5.41) is 0. The van der Waals surface area contributed by atoms with Crippen LogP contribution in [0.2, 0.25) is 0 Å². The largest absolute Gasteiger partial charge is 0.424 e. The minimum absolute atomic E-state index is 0.226. The molecule has 2 atom stereocenters. The van der Waals surface area contributed by atoms with Crippen LogP contribution in [-0.4, -0.2) is 18.6 Å². The third-order valence-corrected chi connectivity index (χ3v) is 2.75. The van der Waals surface area contributed by atoms with Gasteiger partial charge in [-0.2, -0.15) is 0 Å². The minimum atomic E-state index is -3.23. The molecule has 1 aliphatic rings. The van der Waals surface area contributed by atoms with Crippen LogP contribution in [0.5, 0.6) is 0 Å². The van der Waals surface area contributed by atoms with Crippen LogP contribution in [0.4, 0.5) is 0 Å². The molecule has 1 saturated heterocycles. The Morgan fingerprint density at radius 3 is 2.67 bits per heavy atom. The fraction of sp³-hybridized carbons (Fsp3) is 1.00. The smallest absolute Gasteiger partial charge is 0.294 e. The van der Waals surface area contributed by atoms with Crippen molar-refractivity contribution in [2.75, 3.05) is 12.5 Å². The Labute approximate surface area is 62.6 Å². The normalized spacial score (nSPS) is 43.6. The van der Waals surface area contributed by atoms with Crippen molar-refractivity contribution >= 4 is 29.8 Å². The first-order valence-corrected chi connectivity index (χ1v) is 5.31. The van der Waals surface area contributed by atoms with E-state index in [4.69, 9.17) is 22.8 Å². The standard InChI is InChI=1S/C3H5Cl2O3P/c4-1-3-2-7-9(5,6)8-3/h3H,1-2H2. The summed E-state index contributed by atoms with van der Waals surface area (Å²) in [6.45, 7) is -3.00. The maximum atomic E-state index is 10.6. The van der Waals surface area contributed by atoms with E-state index < -0.39 is 6.95 Å². The Morgan fingerprint density at radius 2 is 2.44 bits per heavy atom. The van der Waals surface area contributed by atoms with Crippen molar-refractivity contribution in [2.45, 2.75) is 6.10 Å². The first-order chi connectivity index (χ1) is 4.14. The van der Waals surface area contributed by atoms with Gasteiger partial charge < -0.3 is 0 Å². The molecule has 1 fully saturated rings. The van der Waals surface area contributed by atoms with E-state index >= 15 is 0 Å². The van der Waals surface area contributed by atoms with Crippen LogP contribution >= 0.6 is 29.8 Å². The van der Waals surface area contributed by atoms with Gasteiger partial charge in [-0.25, -0.2) is 4.57 Å². The number of alkyl halides is 1. The Balaban J connectivity index is 2.47. The zero-order chi connectivity index (χ0) is 6.91. The van der Waals surface area contributed by atoms with Gasteiger partial charge in [0, 0.05) is 11.2 Å². The van der Waals surface area contributed by atoms with E-state index in [1.165, 1.54) is 0 Å². The number of rotatable bonds is 1. The highest BCUT2D eigenvalue weighted by Gasteiger charge is 2.34. The molecule has 0 amide bonds. The van der Waals surface area contributed by atoms with Gasteiger partial charge in [0.25, 0.3) is 0 Å². The van der Waals surface area contributed by atoms with Crippen LogP contribution in [0, 0.1) is 0 Å². The zero-order valence-electron chi connectivity index (χ0n) is 4.42. The molecule has 1 heterocycles. The Bertz CT molecular complexity index is 150. The number of halogens is 2. The molecule has 1 aliphatic heterocycles. The first-order valence-electron chi connectivity index (χ1n) is 2.32. The molecule has 54 valence electrons. The highest BCUT2D eigenvalue weighted by Crippen LogP contribution is 2.58. The average molecular weight is 191 g/mol. The molecule has 9 heavy (non-hydrogen) atoms. The van der Waals surface area contributed by atoms with Gasteiger partial charge in [0.05, 0.1) is 12.5 Å². The van der Waals surface area contributed by atoms with Crippen molar-refractivity contribution in [1.29, 1.82) is 0 Å². The predicted molar refractivity (Wildman–Crippen MR) is 35.0 cm³/mol. The molecule has 0 aliphatic carbocycles. The quantitative estimate of drug-likeness (QED) is 0.469. The Kier molecular flexibility index (Phi) is 2.41. The second kappa shape index (κ2) is 2.77. The lowest BCUT2D eigenvalue weighted by Gasteiger charge is -1.99. The maximum absolute atomic E-state index is 10.6. The number of hydrogen-bond acceptors (Lipinski definition) is 3. The van der Waals surface area contributed by atoms with Crippen LogP contribution in [0.15, 0.2) is 0 Å². The minimum Gasteiger partial charge on any atom is -0.294 e. The number of hydrogen-bond donors (Lipinski definition) is 0. The van der Waals surface area contributed by atoms with Crippen LogP contribution in [-0.2, 0) is 13.6 Å². The van der Waals surface area contributed by atoms with Gasteiger partial charge in [-0.15, -0.1) is 11.6 Å². The van der Waals surface area contributed by atoms with Gasteiger partial charge in [-0.1, -0.05) is 0 Å². The van der Waals surface area contributed by atoms with Crippen LogP contribution in [0.25, 0.3) is 0 Å². The van der Waals surface area contributed by atoms with E-state index in [0.29, 0.717) is 0 Å². The lowest BCUT2D eigenvalue weighted by atomic mass is 10.5.